The number of halogens is 3. The Hall–Kier alpha value is -4.23. The van der Waals surface area contributed by atoms with Crippen LogP contribution in [-0.4, -0.2) is 59.7 Å². The molecule has 4 aromatic rings. The maximum atomic E-state index is 12.4. The molecule has 5 rings (SSSR count). The summed E-state index contributed by atoms with van der Waals surface area (Å²) >= 11 is 0. The standard InChI is InChI=1S/C24H26F3N9O2/c1-15(9-24(25,26)27)32-23(37)38-13-16-6-18(7-16)19-10-28-22(29-11-19)33-20-3-2-17-12-31-36(21(17)8-20)14-35-5-4-30-34-35/h2-5,8,10-12,15-16,18H,6-7,9,13-14H2,1H3,(H,32,37)(H,28,29,33)/t15-,16?,18?/m0/s1. The molecule has 1 atom stereocenters. The van der Waals surface area contributed by atoms with E-state index in [2.05, 4.69) is 36.0 Å². The highest BCUT2D eigenvalue weighted by atomic mass is 19.4. The number of amides is 1. The van der Waals surface area contributed by atoms with Gasteiger partial charge in [0.2, 0.25) is 5.95 Å². The van der Waals surface area contributed by atoms with Crippen LogP contribution in [0.5, 0.6) is 0 Å². The largest absolute Gasteiger partial charge is 0.449 e. The predicted octanol–water partition coefficient (Wildman–Crippen LogP) is 4.23. The molecule has 1 aliphatic rings. The third kappa shape index (κ3) is 6.36. The van der Waals surface area contributed by atoms with Gasteiger partial charge in [0.25, 0.3) is 0 Å². The summed E-state index contributed by atoms with van der Waals surface area (Å²) in [5.74, 6) is 0.849. The zero-order valence-electron chi connectivity index (χ0n) is 20.5. The molecule has 0 aliphatic heterocycles. The van der Waals surface area contributed by atoms with E-state index >= 15 is 0 Å². The molecule has 1 amide bonds. The molecule has 2 N–H and O–H groups in total. The lowest BCUT2D eigenvalue weighted by Crippen LogP contribution is -2.38. The van der Waals surface area contributed by atoms with Gasteiger partial charge in [0.05, 0.1) is 30.9 Å². The topological polar surface area (TPSA) is 125 Å². The smallest absolute Gasteiger partial charge is 0.407 e. The molecule has 0 saturated heterocycles. The second-order valence-corrected chi connectivity index (χ2v) is 9.46. The number of anilines is 2. The number of fused-ring (bicyclic) bond motifs is 1. The van der Waals surface area contributed by atoms with E-state index in [1.165, 1.54) is 6.92 Å². The van der Waals surface area contributed by atoms with E-state index in [0.717, 1.165) is 35.0 Å². The molecule has 3 aromatic heterocycles. The van der Waals surface area contributed by atoms with Crippen molar-refractivity contribution in [3.8, 4) is 0 Å². The molecule has 3 heterocycles. The first-order chi connectivity index (χ1) is 18.2. The van der Waals surface area contributed by atoms with Crippen LogP contribution in [0, 0.1) is 5.92 Å². The lowest BCUT2D eigenvalue weighted by atomic mass is 9.72. The van der Waals surface area contributed by atoms with Gasteiger partial charge in [-0.05, 0) is 55.4 Å². The molecule has 1 aliphatic carbocycles. The van der Waals surface area contributed by atoms with Crippen LogP contribution in [0.25, 0.3) is 10.9 Å². The Morgan fingerprint density at radius 2 is 2.00 bits per heavy atom. The average molecular weight is 530 g/mol. The molecule has 11 nitrogen and oxygen atoms in total. The molecule has 0 bridgehead atoms. The minimum Gasteiger partial charge on any atom is -0.449 e. The molecule has 200 valence electrons. The number of ether oxygens (including phenoxy) is 1. The maximum absolute atomic E-state index is 12.4. The fourth-order valence-electron chi connectivity index (χ4n) is 4.43. The van der Waals surface area contributed by atoms with Crippen LogP contribution in [0.2, 0.25) is 0 Å². The summed E-state index contributed by atoms with van der Waals surface area (Å²) < 4.78 is 45.7. The molecular weight excluding hydrogens is 503 g/mol. The summed E-state index contributed by atoms with van der Waals surface area (Å²) in [6.45, 7) is 1.89. The highest BCUT2D eigenvalue weighted by molar-refractivity contribution is 5.83. The van der Waals surface area contributed by atoms with Gasteiger partial charge in [0.15, 0.2) is 0 Å². The van der Waals surface area contributed by atoms with E-state index < -0.39 is 24.7 Å². The minimum atomic E-state index is -4.34. The molecule has 0 radical (unpaired) electrons. The van der Waals surface area contributed by atoms with E-state index in [1.54, 1.807) is 35.7 Å². The quantitative estimate of drug-likeness (QED) is 0.330. The van der Waals surface area contributed by atoms with Crippen molar-refractivity contribution in [1.82, 2.24) is 40.1 Å². The first-order valence-corrected chi connectivity index (χ1v) is 12.1. The normalized spacial score (nSPS) is 18.1. The van der Waals surface area contributed by atoms with Gasteiger partial charge in [-0.2, -0.15) is 18.3 Å². The third-order valence-corrected chi connectivity index (χ3v) is 6.38. The van der Waals surface area contributed by atoms with Crippen molar-refractivity contribution in [2.24, 2.45) is 5.92 Å². The van der Waals surface area contributed by atoms with E-state index in [4.69, 9.17) is 4.74 Å². The lowest BCUT2D eigenvalue weighted by molar-refractivity contribution is -0.138. The van der Waals surface area contributed by atoms with Gasteiger partial charge in [0, 0.05) is 35.7 Å². The van der Waals surface area contributed by atoms with Crippen LogP contribution in [0.4, 0.5) is 29.6 Å². The monoisotopic (exact) mass is 529 g/mol. The zero-order chi connectivity index (χ0) is 26.7. The van der Waals surface area contributed by atoms with Crippen LogP contribution in [0.3, 0.4) is 0 Å². The Morgan fingerprint density at radius 3 is 2.71 bits per heavy atom. The van der Waals surface area contributed by atoms with Crippen molar-refractivity contribution in [1.29, 1.82) is 0 Å². The summed E-state index contributed by atoms with van der Waals surface area (Å²) in [5, 5.41) is 18.6. The van der Waals surface area contributed by atoms with Crippen molar-refractivity contribution >= 4 is 28.6 Å². The number of hydrogen-bond donors (Lipinski definition) is 2. The number of alkyl carbamates (subject to hydrolysis) is 1. The Kier molecular flexibility index (Phi) is 7.11. The Bertz CT molecular complexity index is 1370. The van der Waals surface area contributed by atoms with E-state index in [-0.39, 0.29) is 18.4 Å². The highest BCUT2D eigenvalue weighted by Gasteiger charge is 2.33. The lowest BCUT2D eigenvalue weighted by Gasteiger charge is -2.34. The Balaban J connectivity index is 1.09. The van der Waals surface area contributed by atoms with Crippen molar-refractivity contribution < 1.29 is 22.7 Å². The first-order valence-electron chi connectivity index (χ1n) is 12.1. The molecule has 0 unspecified atom stereocenters. The van der Waals surface area contributed by atoms with Gasteiger partial charge in [-0.3, -0.25) is 0 Å². The number of benzene rings is 1. The fourth-order valence-corrected chi connectivity index (χ4v) is 4.43. The number of nitrogens with one attached hydrogen (secondary N) is 2. The fraction of sp³-hybridized carbons (Fsp3) is 0.417. The van der Waals surface area contributed by atoms with E-state index in [9.17, 15) is 18.0 Å². The SMILES string of the molecule is C[C@@H](CC(F)(F)F)NC(=O)OCC1CC(c2cnc(Nc3ccc4cnn(Cn5ccnn5)c4c3)nc2)C1. The molecule has 0 spiro atoms. The van der Waals surface area contributed by atoms with Gasteiger partial charge in [-0.25, -0.2) is 24.1 Å². The van der Waals surface area contributed by atoms with Gasteiger partial charge in [0.1, 0.15) is 6.67 Å². The number of alkyl halides is 3. The average Bonchev–Trinajstić information content (AvgIpc) is 3.48. The number of nitrogens with zero attached hydrogens (tertiary/aromatic N) is 7. The van der Waals surface area contributed by atoms with Crippen LogP contribution in [-0.2, 0) is 11.4 Å². The second-order valence-electron chi connectivity index (χ2n) is 9.46. The number of aromatic nitrogens is 7. The van der Waals surface area contributed by atoms with Gasteiger partial charge in [-0.15, -0.1) is 5.10 Å². The van der Waals surface area contributed by atoms with Crippen molar-refractivity contribution in [2.45, 2.75) is 51.0 Å². The van der Waals surface area contributed by atoms with Crippen LogP contribution in [0.15, 0.2) is 49.2 Å². The molecule has 1 fully saturated rings. The number of carbonyl (C=O) groups excluding carboxylic acids is 1. The first kappa shape index (κ1) is 25.4. The van der Waals surface area contributed by atoms with Crippen molar-refractivity contribution in [3.63, 3.8) is 0 Å². The summed E-state index contributed by atoms with van der Waals surface area (Å²) in [7, 11) is 0. The van der Waals surface area contributed by atoms with E-state index in [1.807, 2.05) is 22.9 Å². The molecule has 14 heteroatoms. The van der Waals surface area contributed by atoms with Crippen molar-refractivity contribution in [3.05, 3.63) is 54.7 Å². The van der Waals surface area contributed by atoms with Gasteiger partial charge < -0.3 is 15.4 Å². The summed E-state index contributed by atoms with van der Waals surface area (Å²) in [4.78, 5) is 20.6. The van der Waals surface area contributed by atoms with Gasteiger partial charge in [-0.1, -0.05) is 5.21 Å². The van der Waals surface area contributed by atoms with Crippen molar-refractivity contribution in [2.75, 3.05) is 11.9 Å². The number of carbonyl (C=O) groups is 1. The van der Waals surface area contributed by atoms with Gasteiger partial charge >= 0.3 is 12.3 Å². The zero-order valence-corrected chi connectivity index (χ0v) is 20.5. The van der Waals surface area contributed by atoms with Crippen LogP contribution < -0.4 is 10.6 Å². The molecular formula is C24H26F3N9O2. The van der Waals surface area contributed by atoms with Crippen LogP contribution in [0.1, 0.15) is 37.7 Å². The molecule has 1 aromatic carbocycles. The summed E-state index contributed by atoms with van der Waals surface area (Å²) in [6, 6.07) is 4.82. The number of hydrogen-bond acceptors (Lipinski definition) is 8. The highest BCUT2D eigenvalue weighted by Crippen LogP contribution is 2.41. The molecule has 1 saturated carbocycles. The Labute approximate surface area is 215 Å². The third-order valence-electron chi connectivity index (χ3n) is 6.38. The number of rotatable bonds is 9. The minimum absolute atomic E-state index is 0.149. The molecule has 38 heavy (non-hydrogen) atoms. The van der Waals surface area contributed by atoms with Crippen LogP contribution >= 0.6 is 0 Å². The summed E-state index contributed by atoms with van der Waals surface area (Å²) in [5.41, 5.74) is 2.72. The second kappa shape index (κ2) is 10.6. The Morgan fingerprint density at radius 1 is 1.21 bits per heavy atom. The summed E-state index contributed by atoms with van der Waals surface area (Å²) in [6.07, 6.45) is 4.03. The maximum Gasteiger partial charge on any atom is 0.407 e. The van der Waals surface area contributed by atoms with E-state index in [0.29, 0.717) is 12.6 Å². The predicted molar refractivity (Wildman–Crippen MR) is 131 cm³/mol.